The predicted molar refractivity (Wildman–Crippen MR) is 101 cm³/mol. The first-order chi connectivity index (χ1) is 13.0. The van der Waals surface area contributed by atoms with E-state index in [1.165, 1.54) is 12.4 Å². The van der Waals surface area contributed by atoms with Gasteiger partial charge in [0.25, 0.3) is 0 Å². The molecule has 1 aliphatic rings. The molecule has 1 aromatic carbocycles. The molecule has 8 nitrogen and oxygen atoms in total. The molecule has 1 aliphatic carbocycles. The zero-order valence-electron chi connectivity index (χ0n) is 14.6. The lowest BCUT2D eigenvalue weighted by Crippen LogP contribution is -2.08. The third-order valence-electron chi connectivity index (χ3n) is 4.98. The summed E-state index contributed by atoms with van der Waals surface area (Å²) in [4.78, 5) is 32.5. The third-order valence-corrected chi connectivity index (χ3v) is 4.98. The summed E-state index contributed by atoms with van der Waals surface area (Å²) in [5, 5.41) is 11.7. The molecule has 2 heterocycles. The van der Waals surface area contributed by atoms with Crippen molar-refractivity contribution in [2.75, 3.05) is 11.1 Å². The quantitative estimate of drug-likeness (QED) is 0.609. The van der Waals surface area contributed by atoms with Crippen LogP contribution in [0, 0.1) is 0 Å². The molecule has 3 aromatic rings. The first-order valence-corrected chi connectivity index (χ1v) is 8.80. The number of amides is 1. The van der Waals surface area contributed by atoms with Crippen LogP contribution < -0.4 is 11.1 Å². The number of nitrogens with one attached hydrogen (secondary N) is 1. The predicted octanol–water partition coefficient (Wildman–Crippen LogP) is 3.45. The fourth-order valence-corrected chi connectivity index (χ4v) is 3.76. The fourth-order valence-electron chi connectivity index (χ4n) is 3.76. The van der Waals surface area contributed by atoms with Gasteiger partial charge in [0.1, 0.15) is 17.8 Å². The van der Waals surface area contributed by atoms with Gasteiger partial charge in [0, 0.05) is 23.5 Å². The Bertz CT molecular complexity index is 1040. The molecule has 0 spiro atoms. The van der Waals surface area contributed by atoms with Crippen LogP contribution >= 0.6 is 0 Å². The number of carbonyl (C=O) groups is 2. The van der Waals surface area contributed by atoms with E-state index in [0.29, 0.717) is 33.9 Å². The summed E-state index contributed by atoms with van der Waals surface area (Å²) < 4.78 is 2.03. The van der Waals surface area contributed by atoms with Crippen molar-refractivity contribution in [3.63, 3.8) is 0 Å². The second kappa shape index (κ2) is 6.71. The van der Waals surface area contributed by atoms with Gasteiger partial charge in [-0.15, -0.1) is 0 Å². The minimum atomic E-state index is -1.19. The van der Waals surface area contributed by atoms with Gasteiger partial charge in [-0.2, -0.15) is 0 Å². The Hall–Kier alpha value is -3.42. The molecule has 2 aromatic heterocycles. The van der Waals surface area contributed by atoms with Crippen molar-refractivity contribution in [3.8, 4) is 0 Å². The molecule has 4 rings (SSSR count). The Morgan fingerprint density at radius 2 is 2.00 bits per heavy atom. The summed E-state index contributed by atoms with van der Waals surface area (Å²) in [5.74, 6) is 0.0206. The SMILES string of the molecule is Nc1ncnc2c1c(C(=O)c1cccc(NC(=O)O)c1)cn2C1CCCC1. The monoisotopic (exact) mass is 365 g/mol. The van der Waals surface area contributed by atoms with E-state index in [4.69, 9.17) is 10.8 Å². The summed E-state index contributed by atoms with van der Waals surface area (Å²) in [5.41, 5.74) is 7.87. The van der Waals surface area contributed by atoms with Gasteiger partial charge in [0.05, 0.1) is 10.9 Å². The van der Waals surface area contributed by atoms with Gasteiger partial charge in [-0.25, -0.2) is 14.8 Å². The lowest BCUT2D eigenvalue weighted by Gasteiger charge is -2.12. The highest BCUT2D eigenvalue weighted by Crippen LogP contribution is 2.35. The second-order valence-electron chi connectivity index (χ2n) is 6.69. The van der Waals surface area contributed by atoms with Gasteiger partial charge < -0.3 is 15.4 Å². The molecule has 138 valence electrons. The Morgan fingerprint density at radius 3 is 2.74 bits per heavy atom. The van der Waals surface area contributed by atoms with Crippen LogP contribution in [0.5, 0.6) is 0 Å². The molecule has 0 radical (unpaired) electrons. The van der Waals surface area contributed by atoms with E-state index in [9.17, 15) is 9.59 Å². The molecule has 4 N–H and O–H groups in total. The van der Waals surface area contributed by atoms with Gasteiger partial charge in [0.2, 0.25) is 0 Å². The Balaban J connectivity index is 1.81. The van der Waals surface area contributed by atoms with Crippen molar-refractivity contribution in [1.82, 2.24) is 14.5 Å². The van der Waals surface area contributed by atoms with Crippen molar-refractivity contribution in [3.05, 3.63) is 47.9 Å². The number of benzene rings is 1. The lowest BCUT2D eigenvalue weighted by molar-refractivity contribution is 0.104. The largest absolute Gasteiger partial charge is 0.465 e. The number of aromatic nitrogens is 3. The number of fused-ring (bicyclic) bond motifs is 1. The smallest absolute Gasteiger partial charge is 0.409 e. The molecule has 0 aliphatic heterocycles. The van der Waals surface area contributed by atoms with Crippen molar-refractivity contribution in [2.45, 2.75) is 31.7 Å². The van der Waals surface area contributed by atoms with Crippen LogP contribution in [0.1, 0.15) is 47.6 Å². The summed E-state index contributed by atoms with van der Waals surface area (Å²) >= 11 is 0. The number of carboxylic acid groups (broad SMARTS) is 1. The standard InChI is InChI=1S/C19H19N5O3/c20-17-15-14(16(25)11-4-3-5-12(8-11)23-19(26)27)9-24(13-6-1-2-7-13)18(15)22-10-21-17/h3-5,8-10,13,23H,1-2,6-7H2,(H,26,27)(H2,20,21,22). The van der Waals surface area contributed by atoms with E-state index in [1.807, 2.05) is 10.8 Å². The van der Waals surface area contributed by atoms with Gasteiger partial charge >= 0.3 is 6.09 Å². The maximum absolute atomic E-state index is 13.2. The van der Waals surface area contributed by atoms with Gasteiger partial charge in [0.15, 0.2) is 5.78 Å². The molecule has 0 saturated heterocycles. The Morgan fingerprint density at radius 1 is 1.22 bits per heavy atom. The number of nitrogens with zero attached hydrogens (tertiary/aromatic N) is 3. The summed E-state index contributed by atoms with van der Waals surface area (Å²) in [6, 6.07) is 6.67. The van der Waals surface area contributed by atoms with Gasteiger partial charge in [-0.05, 0) is 25.0 Å². The molecule has 1 saturated carbocycles. The third kappa shape index (κ3) is 3.10. The molecule has 1 fully saturated rings. The summed E-state index contributed by atoms with van der Waals surface area (Å²) in [7, 11) is 0. The van der Waals surface area contributed by atoms with Crippen molar-refractivity contribution < 1.29 is 14.7 Å². The molecule has 0 atom stereocenters. The molecule has 1 amide bonds. The van der Waals surface area contributed by atoms with Crippen LogP contribution in [0.4, 0.5) is 16.3 Å². The normalized spacial score (nSPS) is 14.5. The van der Waals surface area contributed by atoms with E-state index in [1.54, 1.807) is 18.2 Å². The van der Waals surface area contributed by atoms with Gasteiger partial charge in [-0.3, -0.25) is 10.1 Å². The number of hydrogen-bond donors (Lipinski definition) is 3. The number of rotatable bonds is 4. The number of carbonyl (C=O) groups excluding carboxylic acids is 1. The fraction of sp³-hybridized carbons (Fsp3) is 0.263. The van der Waals surface area contributed by atoms with E-state index in [-0.39, 0.29) is 11.6 Å². The highest BCUT2D eigenvalue weighted by Gasteiger charge is 2.25. The van der Waals surface area contributed by atoms with Crippen LogP contribution in [0.2, 0.25) is 0 Å². The van der Waals surface area contributed by atoms with Crippen molar-refractivity contribution in [2.24, 2.45) is 0 Å². The molecule has 8 heteroatoms. The number of anilines is 2. The lowest BCUT2D eigenvalue weighted by atomic mass is 10.0. The first-order valence-electron chi connectivity index (χ1n) is 8.80. The highest BCUT2D eigenvalue weighted by molar-refractivity contribution is 6.18. The summed E-state index contributed by atoms with van der Waals surface area (Å²) in [6.45, 7) is 0. The maximum atomic E-state index is 13.2. The van der Waals surface area contributed by atoms with E-state index < -0.39 is 6.09 Å². The molecule has 27 heavy (non-hydrogen) atoms. The molecule has 0 unspecified atom stereocenters. The van der Waals surface area contributed by atoms with Crippen molar-refractivity contribution >= 4 is 34.4 Å². The molecule has 0 bridgehead atoms. The Kier molecular flexibility index (Phi) is 4.23. The number of ketones is 1. The minimum absolute atomic E-state index is 0.243. The number of hydrogen-bond acceptors (Lipinski definition) is 5. The van der Waals surface area contributed by atoms with Crippen LogP contribution in [0.3, 0.4) is 0 Å². The highest BCUT2D eigenvalue weighted by atomic mass is 16.4. The van der Waals surface area contributed by atoms with Crippen LogP contribution in [-0.2, 0) is 0 Å². The zero-order chi connectivity index (χ0) is 19.0. The second-order valence-corrected chi connectivity index (χ2v) is 6.69. The van der Waals surface area contributed by atoms with E-state index in [2.05, 4.69) is 15.3 Å². The average Bonchev–Trinajstić information content (AvgIpc) is 3.29. The van der Waals surface area contributed by atoms with Crippen LogP contribution in [0.25, 0.3) is 11.0 Å². The first kappa shape index (κ1) is 17.0. The van der Waals surface area contributed by atoms with Gasteiger partial charge in [-0.1, -0.05) is 25.0 Å². The number of nitrogens with two attached hydrogens (primary N) is 1. The Labute approximate surface area is 155 Å². The molecular formula is C19H19N5O3. The molecular weight excluding hydrogens is 346 g/mol. The average molecular weight is 365 g/mol. The number of nitrogen functional groups attached to an aromatic ring is 1. The van der Waals surface area contributed by atoms with E-state index >= 15 is 0 Å². The summed E-state index contributed by atoms with van der Waals surface area (Å²) in [6.07, 6.45) is 6.42. The topological polar surface area (TPSA) is 123 Å². The van der Waals surface area contributed by atoms with Crippen LogP contribution in [0.15, 0.2) is 36.8 Å². The zero-order valence-corrected chi connectivity index (χ0v) is 14.6. The maximum Gasteiger partial charge on any atom is 0.409 e. The van der Waals surface area contributed by atoms with Crippen LogP contribution in [-0.4, -0.2) is 31.5 Å². The van der Waals surface area contributed by atoms with E-state index in [0.717, 1.165) is 25.7 Å². The van der Waals surface area contributed by atoms with Crippen molar-refractivity contribution in [1.29, 1.82) is 0 Å². The minimum Gasteiger partial charge on any atom is -0.465 e.